The number of hydrogen-bond acceptors (Lipinski definition) is 9. The highest BCUT2D eigenvalue weighted by molar-refractivity contribution is 5.96. The average Bonchev–Trinajstić information content (AvgIpc) is 3.28. The van der Waals surface area contributed by atoms with Crippen molar-refractivity contribution in [3.8, 4) is 0 Å². The fourth-order valence-corrected chi connectivity index (χ4v) is 3.24. The highest BCUT2D eigenvalue weighted by Gasteiger charge is 2.43. The molecule has 0 aromatic carbocycles. The van der Waals surface area contributed by atoms with E-state index in [2.05, 4.69) is 20.0 Å². The van der Waals surface area contributed by atoms with Crippen LogP contribution in [-0.4, -0.2) is 56.2 Å². The molecule has 0 radical (unpaired) electrons. The van der Waals surface area contributed by atoms with Gasteiger partial charge in [0.1, 0.15) is 16.9 Å². The second kappa shape index (κ2) is 7.15. The zero-order valence-corrected chi connectivity index (χ0v) is 16.1. The maximum Gasteiger partial charge on any atom is 0.345 e. The van der Waals surface area contributed by atoms with E-state index < -0.39 is 22.2 Å². The maximum atomic E-state index is 12.0. The Labute approximate surface area is 161 Å². The van der Waals surface area contributed by atoms with E-state index >= 15 is 0 Å². The number of methoxy groups -OCH3 is 1. The van der Waals surface area contributed by atoms with E-state index in [0.717, 1.165) is 7.11 Å². The predicted octanol–water partition coefficient (Wildman–Crippen LogP) is 1.36. The fraction of sp³-hybridized carbons (Fsp3) is 0.529. The first kappa shape index (κ1) is 19.7. The third kappa shape index (κ3) is 3.40. The van der Waals surface area contributed by atoms with Crippen LogP contribution in [0.1, 0.15) is 48.1 Å². The molecule has 3 rings (SSSR count). The number of nitro groups is 1. The van der Waals surface area contributed by atoms with E-state index in [1.807, 2.05) is 13.8 Å². The molecule has 1 atom stereocenters. The van der Waals surface area contributed by atoms with Crippen LogP contribution in [0.4, 0.5) is 11.5 Å². The standard InChI is InChI=1S/C17H22N6O5/c1-10(2)22-8-13(19-20-22)17(25)5-6-21(9-17)15-14(23(26)27)12(16(24)28-4)7-11(3)18-15/h7-8,10,25H,5-6,9H2,1-4H3. The summed E-state index contributed by atoms with van der Waals surface area (Å²) in [5.74, 6) is -0.787. The van der Waals surface area contributed by atoms with Gasteiger partial charge in [0.25, 0.3) is 0 Å². The summed E-state index contributed by atoms with van der Waals surface area (Å²) in [5, 5.41) is 30.8. The molecule has 1 unspecified atom stereocenters. The second-order valence-electron chi connectivity index (χ2n) is 7.11. The number of anilines is 1. The number of aryl methyl sites for hydroxylation is 1. The van der Waals surface area contributed by atoms with Crippen molar-refractivity contribution in [2.24, 2.45) is 0 Å². The lowest BCUT2D eigenvalue weighted by molar-refractivity contribution is -0.384. The lowest BCUT2D eigenvalue weighted by Crippen LogP contribution is -2.32. The van der Waals surface area contributed by atoms with E-state index in [-0.39, 0.29) is 24.0 Å². The molecular formula is C17H22N6O5. The molecule has 2 aromatic rings. The molecule has 0 aliphatic carbocycles. The van der Waals surface area contributed by atoms with Crippen molar-refractivity contribution in [1.29, 1.82) is 0 Å². The second-order valence-corrected chi connectivity index (χ2v) is 7.11. The first-order valence-corrected chi connectivity index (χ1v) is 8.80. The Morgan fingerprint density at radius 1 is 1.46 bits per heavy atom. The lowest BCUT2D eigenvalue weighted by atomic mass is 10.00. The topological polar surface area (TPSA) is 137 Å². The van der Waals surface area contributed by atoms with Crippen molar-refractivity contribution >= 4 is 17.5 Å². The van der Waals surface area contributed by atoms with Gasteiger partial charge >= 0.3 is 11.7 Å². The normalized spacial score (nSPS) is 19.3. The number of nitrogens with zero attached hydrogens (tertiary/aromatic N) is 6. The van der Waals surface area contributed by atoms with Crippen LogP contribution in [0.15, 0.2) is 12.3 Å². The van der Waals surface area contributed by atoms with Crippen molar-refractivity contribution in [1.82, 2.24) is 20.0 Å². The summed E-state index contributed by atoms with van der Waals surface area (Å²) in [7, 11) is 1.16. The first-order chi connectivity index (χ1) is 13.2. The molecule has 0 bridgehead atoms. The Balaban J connectivity index is 1.99. The number of carbonyl (C=O) groups is 1. The summed E-state index contributed by atoms with van der Waals surface area (Å²) in [6, 6.07) is 1.41. The number of aliphatic hydroxyl groups is 1. The van der Waals surface area contributed by atoms with Crippen molar-refractivity contribution in [3.63, 3.8) is 0 Å². The maximum absolute atomic E-state index is 12.0. The van der Waals surface area contributed by atoms with Gasteiger partial charge in [-0.1, -0.05) is 5.21 Å². The monoisotopic (exact) mass is 390 g/mol. The Hall–Kier alpha value is -3.08. The molecule has 28 heavy (non-hydrogen) atoms. The van der Waals surface area contributed by atoms with Crippen molar-refractivity contribution in [2.75, 3.05) is 25.1 Å². The molecule has 11 heteroatoms. The van der Waals surface area contributed by atoms with Crippen LogP contribution in [0, 0.1) is 17.0 Å². The van der Waals surface area contributed by atoms with E-state index in [4.69, 9.17) is 0 Å². The van der Waals surface area contributed by atoms with Crippen LogP contribution in [-0.2, 0) is 10.3 Å². The van der Waals surface area contributed by atoms with Crippen LogP contribution in [0.2, 0.25) is 0 Å². The Bertz CT molecular complexity index is 927. The summed E-state index contributed by atoms with van der Waals surface area (Å²) in [6.07, 6.45) is 1.97. The summed E-state index contributed by atoms with van der Waals surface area (Å²) >= 11 is 0. The first-order valence-electron chi connectivity index (χ1n) is 8.80. The van der Waals surface area contributed by atoms with Gasteiger partial charge in [0.2, 0.25) is 5.82 Å². The van der Waals surface area contributed by atoms with Gasteiger partial charge in [-0.3, -0.25) is 10.1 Å². The Kier molecular flexibility index (Phi) is 5.02. The molecule has 1 saturated heterocycles. The van der Waals surface area contributed by atoms with Gasteiger partial charge in [-0.05, 0) is 26.8 Å². The smallest absolute Gasteiger partial charge is 0.345 e. The molecule has 1 N–H and O–H groups in total. The Morgan fingerprint density at radius 3 is 2.75 bits per heavy atom. The number of rotatable bonds is 5. The highest BCUT2D eigenvalue weighted by atomic mass is 16.6. The van der Waals surface area contributed by atoms with Gasteiger partial charge in [0, 0.05) is 24.7 Å². The molecule has 2 aromatic heterocycles. The summed E-state index contributed by atoms with van der Waals surface area (Å²) in [5.41, 5.74) is -1.10. The molecule has 150 valence electrons. The van der Waals surface area contributed by atoms with E-state index in [0.29, 0.717) is 24.4 Å². The van der Waals surface area contributed by atoms with Gasteiger partial charge in [0.15, 0.2) is 0 Å². The van der Waals surface area contributed by atoms with Crippen molar-refractivity contribution in [3.05, 3.63) is 39.3 Å². The summed E-state index contributed by atoms with van der Waals surface area (Å²) in [6.45, 7) is 5.87. The Morgan fingerprint density at radius 2 is 2.18 bits per heavy atom. The molecule has 0 spiro atoms. The minimum atomic E-state index is -1.32. The number of carbonyl (C=O) groups excluding carboxylic acids is 1. The van der Waals surface area contributed by atoms with Gasteiger partial charge in [-0.15, -0.1) is 5.10 Å². The molecule has 1 aliphatic heterocycles. The van der Waals surface area contributed by atoms with Gasteiger partial charge in [-0.2, -0.15) is 0 Å². The molecular weight excluding hydrogens is 368 g/mol. The molecule has 0 saturated carbocycles. The number of esters is 1. The van der Waals surface area contributed by atoms with Crippen molar-refractivity contribution < 1.29 is 19.6 Å². The van der Waals surface area contributed by atoms with Crippen LogP contribution >= 0.6 is 0 Å². The number of aromatic nitrogens is 4. The van der Waals surface area contributed by atoms with Gasteiger partial charge < -0.3 is 14.7 Å². The van der Waals surface area contributed by atoms with E-state index in [9.17, 15) is 20.0 Å². The lowest BCUT2D eigenvalue weighted by Gasteiger charge is -2.22. The number of pyridine rings is 1. The third-order valence-electron chi connectivity index (χ3n) is 4.75. The van der Waals surface area contributed by atoms with Crippen LogP contribution in [0.3, 0.4) is 0 Å². The van der Waals surface area contributed by atoms with E-state index in [1.54, 1.807) is 22.7 Å². The minimum Gasteiger partial charge on any atom is -0.465 e. The molecule has 1 aliphatic rings. The quantitative estimate of drug-likeness (QED) is 0.455. The zero-order valence-electron chi connectivity index (χ0n) is 16.1. The number of ether oxygens (including phenoxy) is 1. The fourth-order valence-electron chi connectivity index (χ4n) is 3.24. The highest BCUT2D eigenvalue weighted by Crippen LogP contribution is 2.38. The molecule has 11 nitrogen and oxygen atoms in total. The van der Waals surface area contributed by atoms with E-state index in [1.165, 1.54) is 6.07 Å². The van der Waals surface area contributed by atoms with Gasteiger partial charge in [0.05, 0.1) is 24.8 Å². The number of β-amino-alcohol motifs (C(OH)–C–C–N with tert-alkyl or cyclic N) is 1. The largest absolute Gasteiger partial charge is 0.465 e. The van der Waals surface area contributed by atoms with Crippen LogP contribution < -0.4 is 4.90 Å². The van der Waals surface area contributed by atoms with Gasteiger partial charge in [-0.25, -0.2) is 14.5 Å². The third-order valence-corrected chi connectivity index (χ3v) is 4.75. The SMILES string of the molecule is COC(=O)c1cc(C)nc(N2CCC(O)(c3cn(C(C)C)nn3)C2)c1[N+](=O)[O-]. The minimum absolute atomic E-state index is 0.0255. The zero-order chi connectivity index (χ0) is 20.6. The predicted molar refractivity (Wildman–Crippen MR) is 98.1 cm³/mol. The molecule has 1 fully saturated rings. The van der Waals surface area contributed by atoms with Crippen molar-refractivity contribution in [2.45, 2.75) is 38.8 Å². The summed E-state index contributed by atoms with van der Waals surface area (Å²) < 4.78 is 6.31. The van der Waals surface area contributed by atoms with Crippen LogP contribution in [0.5, 0.6) is 0 Å². The summed E-state index contributed by atoms with van der Waals surface area (Å²) in [4.78, 5) is 28.9. The number of hydrogen-bond donors (Lipinski definition) is 1. The average molecular weight is 390 g/mol. The van der Waals surface area contributed by atoms with Crippen LogP contribution in [0.25, 0.3) is 0 Å². The molecule has 0 amide bonds. The molecule has 3 heterocycles.